The molecule has 3 rings (SSSR count). The SMILES string of the molecule is CCOc1ccccc1N1CC(C(=O)NC2(CC(=O)O)CCC2)CC1=O. The van der Waals surface area contributed by atoms with Gasteiger partial charge >= 0.3 is 5.97 Å². The van der Waals surface area contributed by atoms with Crippen LogP contribution in [0.2, 0.25) is 0 Å². The van der Waals surface area contributed by atoms with Crippen LogP contribution in [0.3, 0.4) is 0 Å². The Labute approximate surface area is 152 Å². The van der Waals surface area contributed by atoms with Crippen LogP contribution in [-0.2, 0) is 14.4 Å². The van der Waals surface area contributed by atoms with E-state index in [0.29, 0.717) is 30.9 Å². The maximum Gasteiger partial charge on any atom is 0.305 e. The number of carbonyl (C=O) groups is 3. The normalized spacial score (nSPS) is 21.2. The molecule has 7 heteroatoms. The molecule has 0 bridgehead atoms. The van der Waals surface area contributed by atoms with E-state index in [2.05, 4.69) is 5.32 Å². The Morgan fingerprint density at radius 1 is 1.35 bits per heavy atom. The van der Waals surface area contributed by atoms with Crippen molar-refractivity contribution in [1.29, 1.82) is 0 Å². The number of nitrogens with zero attached hydrogens (tertiary/aromatic N) is 1. The summed E-state index contributed by atoms with van der Waals surface area (Å²) in [6.07, 6.45) is 2.29. The minimum absolute atomic E-state index is 0.0731. The first-order valence-corrected chi connectivity index (χ1v) is 9.00. The van der Waals surface area contributed by atoms with Gasteiger partial charge in [-0.2, -0.15) is 0 Å². The smallest absolute Gasteiger partial charge is 0.305 e. The lowest BCUT2D eigenvalue weighted by Crippen LogP contribution is -2.56. The molecular weight excluding hydrogens is 336 g/mol. The molecule has 26 heavy (non-hydrogen) atoms. The number of aliphatic carboxylic acids is 1. The molecule has 1 aliphatic carbocycles. The van der Waals surface area contributed by atoms with E-state index in [1.54, 1.807) is 17.0 Å². The number of hydrogen-bond donors (Lipinski definition) is 2. The number of para-hydroxylation sites is 2. The van der Waals surface area contributed by atoms with E-state index in [-0.39, 0.29) is 31.2 Å². The molecule has 1 saturated heterocycles. The highest BCUT2D eigenvalue weighted by molar-refractivity contribution is 6.01. The zero-order valence-electron chi connectivity index (χ0n) is 14.9. The third-order valence-electron chi connectivity index (χ3n) is 5.14. The van der Waals surface area contributed by atoms with Crippen molar-refractivity contribution in [1.82, 2.24) is 5.32 Å². The van der Waals surface area contributed by atoms with Gasteiger partial charge in [-0.25, -0.2) is 0 Å². The topological polar surface area (TPSA) is 95.9 Å². The Balaban J connectivity index is 1.70. The Kier molecular flexibility index (Phi) is 5.15. The first-order valence-electron chi connectivity index (χ1n) is 9.00. The van der Waals surface area contributed by atoms with Crippen LogP contribution >= 0.6 is 0 Å². The molecule has 1 saturated carbocycles. The molecule has 1 atom stereocenters. The van der Waals surface area contributed by atoms with Crippen LogP contribution in [0.4, 0.5) is 5.69 Å². The monoisotopic (exact) mass is 360 g/mol. The van der Waals surface area contributed by atoms with Crippen molar-refractivity contribution in [2.75, 3.05) is 18.1 Å². The third-order valence-corrected chi connectivity index (χ3v) is 5.14. The predicted octanol–water partition coefficient (Wildman–Crippen LogP) is 1.95. The second-order valence-electron chi connectivity index (χ2n) is 7.00. The fraction of sp³-hybridized carbons (Fsp3) is 0.526. The van der Waals surface area contributed by atoms with E-state index in [4.69, 9.17) is 9.84 Å². The number of hydrogen-bond acceptors (Lipinski definition) is 4. The van der Waals surface area contributed by atoms with Gasteiger partial charge in [0, 0.05) is 13.0 Å². The summed E-state index contributed by atoms with van der Waals surface area (Å²) in [5.74, 6) is -1.15. The van der Waals surface area contributed by atoms with Crippen LogP contribution in [0.25, 0.3) is 0 Å². The number of carboxylic acid groups (broad SMARTS) is 1. The van der Waals surface area contributed by atoms with Gasteiger partial charge in [-0.3, -0.25) is 14.4 Å². The highest BCUT2D eigenvalue weighted by Crippen LogP contribution is 2.37. The molecule has 0 spiro atoms. The summed E-state index contributed by atoms with van der Waals surface area (Å²) in [7, 11) is 0. The van der Waals surface area contributed by atoms with Gasteiger partial charge in [0.25, 0.3) is 0 Å². The number of amides is 2. The number of carbonyl (C=O) groups excluding carboxylic acids is 2. The summed E-state index contributed by atoms with van der Waals surface area (Å²) in [5, 5.41) is 12.0. The molecule has 2 fully saturated rings. The van der Waals surface area contributed by atoms with Crippen LogP contribution in [0, 0.1) is 5.92 Å². The number of carboxylic acids is 1. The van der Waals surface area contributed by atoms with E-state index in [1.807, 2.05) is 19.1 Å². The molecule has 1 aliphatic heterocycles. The second kappa shape index (κ2) is 7.35. The van der Waals surface area contributed by atoms with E-state index < -0.39 is 17.4 Å². The van der Waals surface area contributed by atoms with Gasteiger partial charge in [0.15, 0.2) is 0 Å². The number of benzene rings is 1. The maximum atomic E-state index is 12.7. The van der Waals surface area contributed by atoms with Gasteiger partial charge in [-0.05, 0) is 38.3 Å². The molecule has 1 unspecified atom stereocenters. The van der Waals surface area contributed by atoms with Gasteiger partial charge < -0.3 is 20.1 Å². The van der Waals surface area contributed by atoms with E-state index >= 15 is 0 Å². The Bertz CT molecular complexity index is 714. The van der Waals surface area contributed by atoms with Crippen molar-refractivity contribution in [3.05, 3.63) is 24.3 Å². The summed E-state index contributed by atoms with van der Waals surface area (Å²) >= 11 is 0. The summed E-state index contributed by atoms with van der Waals surface area (Å²) in [5.41, 5.74) is 0.0151. The molecule has 1 aromatic rings. The minimum Gasteiger partial charge on any atom is -0.492 e. The average molecular weight is 360 g/mol. The largest absolute Gasteiger partial charge is 0.492 e. The van der Waals surface area contributed by atoms with Crippen LogP contribution < -0.4 is 15.0 Å². The van der Waals surface area contributed by atoms with Crippen molar-refractivity contribution >= 4 is 23.5 Å². The molecule has 0 aromatic heterocycles. The Morgan fingerprint density at radius 3 is 2.69 bits per heavy atom. The Morgan fingerprint density at radius 2 is 2.08 bits per heavy atom. The molecule has 0 radical (unpaired) electrons. The quantitative estimate of drug-likeness (QED) is 0.775. The Hall–Kier alpha value is -2.57. The van der Waals surface area contributed by atoms with Gasteiger partial charge in [-0.1, -0.05) is 12.1 Å². The second-order valence-corrected chi connectivity index (χ2v) is 7.00. The number of nitrogens with one attached hydrogen (secondary N) is 1. The van der Waals surface area contributed by atoms with Crippen LogP contribution in [-0.4, -0.2) is 41.6 Å². The van der Waals surface area contributed by atoms with E-state index in [9.17, 15) is 14.4 Å². The molecular formula is C19H24N2O5. The summed E-state index contributed by atoms with van der Waals surface area (Å²) in [6.45, 7) is 2.64. The lowest BCUT2D eigenvalue weighted by atomic mass is 9.74. The van der Waals surface area contributed by atoms with Gasteiger partial charge in [0.2, 0.25) is 11.8 Å². The first kappa shape index (κ1) is 18.2. The van der Waals surface area contributed by atoms with Crippen molar-refractivity contribution in [3.63, 3.8) is 0 Å². The molecule has 2 N–H and O–H groups in total. The van der Waals surface area contributed by atoms with Crippen molar-refractivity contribution in [2.45, 2.75) is 44.6 Å². The summed E-state index contributed by atoms with van der Waals surface area (Å²) in [4.78, 5) is 37.8. The van der Waals surface area contributed by atoms with Gasteiger partial charge in [0.1, 0.15) is 5.75 Å². The summed E-state index contributed by atoms with van der Waals surface area (Å²) < 4.78 is 5.58. The van der Waals surface area contributed by atoms with E-state index in [1.165, 1.54) is 0 Å². The predicted molar refractivity (Wildman–Crippen MR) is 95.0 cm³/mol. The number of rotatable bonds is 7. The van der Waals surface area contributed by atoms with Crippen LogP contribution in [0.5, 0.6) is 5.75 Å². The number of ether oxygens (including phenoxy) is 1. The lowest BCUT2D eigenvalue weighted by Gasteiger charge is -2.42. The van der Waals surface area contributed by atoms with Gasteiger partial charge in [0.05, 0.1) is 30.2 Å². The van der Waals surface area contributed by atoms with Crippen molar-refractivity contribution < 1.29 is 24.2 Å². The number of anilines is 1. The first-order chi connectivity index (χ1) is 12.4. The highest BCUT2D eigenvalue weighted by Gasteiger charge is 2.43. The van der Waals surface area contributed by atoms with Gasteiger partial charge in [-0.15, -0.1) is 0 Å². The fourth-order valence-electron chi connectivity index (χ4n) is 3.68. The van der Waals surface area contributed by atoms with E-state index in [0.717, 1.165) is 6.42 Å². The average Bonchev–Trinajstić information content (AvgIpc) is 2.95. The maximum absolute atomic E-state index is 12.7. The lowest BCUT2D eigenvalue weighted by molar-refractivity contribution is -0.141. The van der Waals surface area contributed by atoms with Crippen LogP contribution in [0.1, 0.15) is 39.0 Å². The molecule has 2 aliphatic rings. The van der Waals surface area contributed by atoms with Crippen molar-refractivity contribution in [2.24, 2.45) is 5.92 Å². The molecule has 7 nitrogen and oxygen atoms in total. The molecule has 140 valence electrons. The zero-order chi connectivity index (χ0) is 18.7. The molecule has 1 aromatic carbocycles. The zero-order valence-corrected chi connectivity index (χ0v) is 14.9. The third kappa shape index (κ3) is 3.66. The minimum atomic E-state index is -0.917. The highest BCUT2D eigenvalue weighted by atomic mass is 16.5. The standard InChI is InChI=1S/C19H24N2O5/c1-2-26-15-7-4-3-6-14(15)21-12-13(10-16(21)22)18(25)20-19(8-5-9-19)11-17(23)24/h3-4,6-7,13H,2,5,8-12H2,1H3,(H,20,25)(H,23,24). The van der Waals surface area contributed by atoms with Crippen LogP contribution in [0.15, 0.2) is 24.3 Å². The molecule has 1 heterocycles. The van der Waals surface area contributed by atoms with Crippen molar-refractivity contribution in [3.8, 4) is 5.75 Å². The summed E-state index contributed by atoms with van der Waals surface area (Å²) in [6, 6.07) is 7.27. The molecule has 2 amide bonds. The fourth-order valence-corrected chi connectivity index (χ4v) is 3.68.